The van der Waals surface area contributed by atoms with Gasteiger partial charge in [-0.05, 0) is 37.5 Å². The summed E-state index contributed by atoms with van der Waals surface area (Å²) < 4.78 is 1.78. The van der Waals surface area contributed by atoms with Crippen LogP contribution in [-0.4, -0.2) is 39.6 Å². The van der Waals surface area contributed by atoms with Crippen LogP contribution < -0.4 is 5.32 Å². The van der Waals surface area contributed by atoms with Crippen molar-refractivity contribution in [2.75, 3.05) is 13.1 Å². The average molecular weight is 479 g/mol. The molecule has 0 bridgehead atoms. The molecule has 0 unspecified atom stereocenters. The van der Waals surface area contributed by atoms with E-state index in [1.807, 2.05) is 103 Å². The molecule has 0 atom stereocenters. The Morgan fingerprint density at radius 2 is 1.53 bits per heavy atom. The summed E-state index contributed by atoms with van der Waals surface area (Å²) in [4.78, 5) is 28.2. The van der Waals surface area contributed by atoms with Crippen LogP contribution in [0.5, 0.6) is 0 Å². The number of aryl methyl sites for hydroxylation is 1. The zero-order chi connectivity index (χ0) is 24.9. The number of piperidine rings is 1. The van der Waals surface area contributed by atoms with E-state index in [1.54, 1.807) is 4.68 Å². The normalized spacial score (nSPS) is 14.0. The van der Waals surface area contributed by atoms with Gasteiger partial charge >= 0.3 is 0 Å². The molecule has 0 radical (unpaired) electrons. The molecule has 6 heteroatoms. The lowest BCUT2D eigenvalue weighted by Gasteiger charge is -2.31. The van der Waals surface area contributed by atoms with Crippen molar-refractivity contribution in [1.82, 2.24) is 20.0 Å². The highest BCUT2D eigenvalue weighted by molar-refractivity contribution is 6.00. The van der Waals surface area contributed by atoms with Crippen LogP contribution in [0.15, 0.2) is 91.1 Å². The van der Waals surface area contributed by atoms with Gasteiger partial charge in [0.05, 0.1) is 11.3 Å². The molecule has 4 aromatic rings. The molecule has 1 aliphatic heterocycles. The Labute approximate surface area is 211 Å². The molecule has 1 N–H and O–H groups in total. The molecule has 0 spiro atoms. The van der Waals surface area contributed by atoms with E-state index in [4.69, 9.17) is 5.10 Å². The summed E-state index contributed by atoms with van der Waals surface area (Å²) in [7, 11) is 0. The lowest BCUT2D eigenvalue weighted by Crippen LogP contribution is -2.43. The molecule has 182 valence electrons. The van der Waals surface area contributed by atoms with Crippen molar-refractivity contribution in [3.63, 3.8) is 0 Å². The smallest absolute Gasteiger partial charge is 0.257 e. The fourth-order valence-electron chi connectivity index (χ4n) is 4.61. The molecule has 0 aliphatic carbocycles. The predicted molar refractivity (Wildman–Crippen MR) is 141 cm³/mol. The van der Waals surface area contributed by atoms with Crippen LogP contribution in [0.25, 0.3) is 16.9 Å². The minimum Gasteiger partial charge on any atom is -0.352 e. The second-order valence-corrected chi connectivity index (χ2v) is 9.31. The standard InChI is InChI=1S/C30H30N4O2/c1-22-12-14-26(15-13-22)34-21-27(28(32-34)24-10-6-3-7-11-24)30(36)33-18-16-25(17-19-33)29(35)31-20-23-8-4-2-5-9-23/h2-15,21,25H,16-20H2,1H3,(H,31,35). The third-order valence-electron chi connectivity index (χ3n) is 6.75. The molecule has 5 rings (SSSR count). The van der Waals surface area contributed by atoms with Crippen molar-refractivity contribution < 1.29 is 9.59 Å². The van der Waals surface area contributed by atoms with E-state index in [1.165, 1.54) is 5.56 Å². The Balaban J connectivity index is 1.30. The zero-order valence-electron chi connectivity index (χ0n) is 20.4. The van der Waals surface area contributed by atoms with Crippen LogP contribution in [0.2, 0.25) is 0 Å². The molecular weight excluding hydrogens is 448 g/mol. The SMILES string of the molecule is Cc1ccc(-n2cc(C(=O)N3CCC(C(=O)NCc4ccccc4)CC3)c(-c3ccccc3)n2)cc1. The summed E-state index contributed by atoms with van der Waals surface area (Å²) in [6, 6.07) is 27.8. The third kappa shape index (κ3) is 5.23. The van der Waals surface area contributed by atoms with Crippen LogP contribution in [0.4, 0.5) is 0 Å². The average Bonchev–Trinajstić information content (AvgIpc) is 3.38. The first-order valence-electron chi connectivity index (χ1n) is 12.4. The number of carbonyl (C=O) groups excluding carboxylic acids is 2. The van der Waals surface area contributed by atoms with Gasteiger partial charge in [-0.25, -0.2) is 4.68 Å². The van der Waals surface area contributed by atoms with E-state index in [0.29, 0.717) is 43.7 Å². The topological polar surface area (TPSA) is 67.2 Å². The fraction of sp³-hybridized carbons (Fsp3) is 0.233. The van der Waals surface area contributed by atoms with Crippen molar-refractivity contribution >= 4 is 11.8 Å². The first-order chi connectivity index (χ1) is 17.6. The lowest BCUT2D eigenvalue weighted by atomic mass is 9.95. The molecule has 3 aromatic carbocycles. The molecule has 1 aromatic heterocycles. The van der Waals surface area contributed by atoms with Crippen LogP contribution in [-0.2, 0) is 11.3 Å². The van der Waals surface area contributed by atoms with Gasteiger partial charge in [-0.1, -0.05) is 78.4 Å². The number of likely N-dealkylation sites (tertiary alicyclic amines) is 1. The van der Waals surface area contributed by atoms with E-state index in [0.717, 1.165) is 16.8 Å². The quantitative estimate of drug-likeness (QED) is 0.423. The molecule has 36 heavy (non-hydrogen) atoms. The van der Waals surface area contributed by atoms with E-state index in [-0.39, 0.29) is 17.7 Å². The Kier molecular flexibility index (Phi) is 6.94. The van der Waals surface area contributed by atoms with Crippen LogP contribution in [0.3, 0.4) is 0 Å². The summed E-state index contributed by atoms with van der Waals surface area (Å²) in [5.41, 5.74) is 5.31. The number of carbonyl (C=O) groups is 2. The van der Waals surface area contributed by atoms with Gasteiger partial charge in [-0.15, -0.1) is 0 Å². The van der Waals surface area contributed by atoms with E-state index in [2.05, 4.69) is 5.32 Å². The Bertz CT molecular complexity index is 1320. The minimum absolute atomic E-state index is 0.0460. The van der Waals surface area contributed by atoms with Gasteiger partial charge in [0.25, 0.3) is 5.91 Å². The first-order valence-corrected chi connectivity index (χ1v) is 12.4. The zero-order valence-corrected chi connectivity index (χ0v) is 20.4. The summed E-state index contributed by atoms with van der Waals surface area (Å²) in [6.45, 7) is 3.67. The van der Waals surface area contributed by atoms with E-state index in [9.17, 15) is 9.59 Å². The molecule has 6 nitrogen and oxygen atoms in total. The minimum atomic E-state index is -0.0818. The third-order valence-corrected chi connectivity index (χ3v) is 6.75. The predicted octanol–water partition coefficient (Wildman–Crippen LogP) is 5.02. The lowest BCUT2D eigenvalue weighted by molar-refractivity contribution is -0.126. The van der Waals surface area contributed by atoms with E-state index < -0.39 is 0 Å². The number of hydrogen-bond donors (Lipinski definition) is 1. The Morgan fingerprint density at radius 3 is 2.19 bits per heavy atom. The second kappa shape index (κ2) is 10.6. The van der Waals surface area contributed by atoms with Crippen molar-refractivity contribution in [3.05, 3.63) is 108 Å². The fourth-order valence-corrected chi connectivity index (χ4v) is 4.61. The Morgan fingerprint density at radius 1 is 0.889 bits per heavy atom. The maximum Gasteiger partial charge on any atom is 0.257 e. The van der Waals surface area contributed by atoms with Crippen molar-refractivity contribution in [1.29, 1.82) is 0 Å². The van der Waals surface area contributed by atoms with Crippen LogP contribution in [0.1, 0.15) is 34.3 Å². The maximum absolute atomic E-state index is 13.7. The summed E-state index contributed by atoms with van der Waals surface area (Å²) in [6.07, 6.45) is 3.13. The van der Waals surface area contributed by atoms with E-state index >= 15 is 0 Å². The number of hydrogen-bond acceptors (Lipinski definition) is 3. The molecular formula is C30H30N4O2. The summed E-state index contributed by atoms with van der Waals surface area (Å²) in [5, 5.41) is 7.84. The highest BCUT2D eigenvalue weighted by atomic mass is 16.2. The molecule has 0 saturated carbocycles. The number of amides is 2. The van der Waals surface area contributed by atoms with Crippen molar-refractivity contribution in [2.24, 2.45) is 5.92 Å². The number of benzene rings is 3. The number of nitrogens with one attached hydrogen (secondary N) is 1. The van der Waals surface area contributed by atoms with Gasteiger partial charge in [0.2, 0.25) is 5.91 Å². The number of rotatable bonds is 6. The molecule has 1 fully saturated rings. The first kappa shape index (κ1) is 23.5. The van der Waals surface area contributed by atoms with Crippen LogP contribution >= 0.6 is 0 Å². The highest BCUT2D eigenvalue weighted by Gasteiger charge is 2.30. The van der Waals surface area contributed by atoms with Gasteiger partial charge in [0, 0.05) is 37.3 Å². The van der Waals surface area contributed by atoms with Gasteiger partial charge in [0.1, 0.15) is 5.69 Å². The number of nitrogens with zero attached hydrogens (tertiary/aromatic N) is 3. The number of aromatic nitrogens is 2. The monoisotopic (exact) mass is 478 g/mol. The van der Waals surface area contributed by atoms with Gasteiger partial charge in [-0.3, -0.25) is 9.59 Å². The van der Waals surface area contributed by atoms with Crippen molar-refractivity contribution in [2.45, 2.75) is 26.3 Å². The largest absolute Gasteiger partial charge is 0.352 e. The van der Waals surface area contributed by atoms with Gasteiger partial charge in [-0.2, -0.15) is 5.10 Å². The second-order valence-electron chi connectivity index (χ2n) is 9.31. The molecule has 2 amide bonds. The maximum atomic E-state index is 13.7. The molecule has 2 heterocycles. The van der Waals surface area contributed by atoms with Crippen LogP contribution in [0, 0.1) is 12.8 Å². The Hall–Kier alpha value is -4.19. The summed E-state index contributed by atoms with van der Waals surface area (Å²) in [5.74, 6) is -0.0693. The highest BCUT2D eigenvalue weighted by Crippen LogP contribution is 2.27. The van der Waals surface area contributed by atoms with Gasteiger partial charge in [0.15, 0.2) is 0 Å². The summed E-state index contributed by atoms with van der Waals surface area (Å²) >= 11 is 0. The molecule has 1 aliphatic rings. The molecule has 1 saturated heterocycles. The van der Waals surface area contributed by atoms with Gasteiger partial charge < -0.3 is 10.2 Å². The van der Waals surface area contributed by atoms with Crippen molar-refractivity contribution in [3.8, 4) is 16.9 Å².